The Morgan fingerprint density at radius 1 is 1.03 bits per heavy atom. The topological polar surface area (TPSA) is 76.9 Å². The third-order valence-corrected chi connectivity index (χ3v) is 7.34. The average Bonchev–Trinajstić information content (AvgIpc) is 3.49. The Labute approximate surface area is 207 Å². The van der Waals surface area contributed by atoms with Crippen molar-refractivity contribution >= 4 is 40.5 Å². The summed E-state index contributed by atoms with van der Waals surface area (Å²) in [5.74, 6) is 0.765. The molecule has 2 aromatic carbocycles. The van der Waals surface area contributed by atoms with Crippen LogP contribution in [0.25, 0.3) is 0 Å². The third-order valence-electron chi connectivity index (χ3n) is 5.38. The largest absolute Gasteiger partial charge is 0.325 e. The third kappa shape index (κ3) is 6.21. The van der Waals surface area contributed by atoms with Crippen molar-refractivity contribution in [2.45, 2.75) is 43.6 Å². The molecule has 2 heterocycles. The molecular weight excluding hydrogens is 464 g/mol. The Kier molecular flexibility index (Phi) is 7.92. The van der Waals surface area contributed by atoms with Crippen LogP contribution >= 0.6 is 23.1 Å². The molecule has 1 N–H and O–H groups in total. The van der Waals surface area contributed by atoms with Gasteiger partial charge in [-0.15, -0.1) is 21.5 Å². The molecule has 0 aliphatic rings. The van der Waals surface area contributed by atoms with Crippen molar-refractivity contribution < 1.29 is 9.59 Å². The van der Waals surface area contributed by atoms with E-state index in [1.54, 1.807) is 35.6 Å². The van der Waals surface area contributed by atoms with Crippen LogP contribution < -0.4 is 5.32 Å². The highest BCUT2D eigenvalue weighted by molar-refractivity contribution is 8.00. The molecule has 4 aromatic rings. The number of anilines is 1. The van der Waals surface area contributed by atoms with Gasteiger partial charge >= 0.3 is 0 Å². The van der Waals surface area contributed by atoms with E-state index in [1.165, 1.54) is 29.1 Å². The van der Waals surface area contributed by atoms with Gasteiger partial charge in [-0.1, -0.05) is 48.2 Å². The number of thioether (sulfide) groups is 1. The number of ketones is 1. The van der Waals surface area contributed by atoms with E-state index in [9.17, 15) is 9.59 Å². The molecule has 1 unspecified atom stereocenters. The van der Waals surface area contributed by atoms with E-state index in [0.29, 0.717) is 17.7 Å². The second-order valence-corrected chi connectivity index (χ2v) is 10.3. The maximum absolute atomic E-state index is 12.8. The van der Waals surface area contributed by atoms with Crippen LogP contribution in [0.2, 0.25) is 0 Å². The van der Waals surface area contributed by atoms with E-state index in [4.69, 9.17) is 0 Å². The van der Waals surface area contributed by atoms with Gasteiger partial charge in [0, 0.05) is 29.1 Å². The number of nitrogens with one attached hydrogen (secondary N) is 1. The zero-order chi connectivity index (χ0) is 23.9. The standard InChI is InChI=1S/C26H26N4O2S2/c1-18(31)21-10-12-22(13-11-21)27-25(32)19(2)34-26-29-28-24(17-23-9-6-16-33-23)30(26)15-14-20-7-4-3-5-8-20/h3-13,16,19H,14-15,17H2,1-2H3,(H,27,32). The Morgan fingerprint density at radius 2 is 1.79 bits per heavy atom. The summed E-state index contributed by atoms with van der Waals surface area (Å²) in [4.78, 5) is 25.5. The number of thiophene rings is 1. The number of rotatable bonds is 10. The van der Waals surface area contributed by atoms with E-state index < -0.39 is 0 Å². The van der Waals surface area contributed by atoms with Crippen molar-refractivity contribution in [3.63, 3.8) is 0 Å². The number of nitrogens with zero attached hydrogens (tertiary/aromatic N) is 3. The molecule has 1 amide bonds. The summed E-state index contributed by atoms with van der Waals surface area (Å²) in [5.41, 5.74) is 2.52. The number of benzene rings is 2. The molecule has 0 fully saturated rings. The van der Waals surface area contributed by atoms with Crippen molar-refractivity contribution in [3.8, 4) is 0 Å². The molecule has 8 heteroatoms. The van der Waals surface area contributed by atoms with Gasteiger partial charge in [0.1, 0.15) is 5.82 Å². The normalized spacial score (nSPS) is 11.8. The monoisotopic (exact) mass is 490 g/mol. The van der Waals surface area contributed by atoms with E-state index in [0.717, 1.165) is 23.9 Å². The van der Waals surface area contributed by atoms with Crippen LogP contribution in [0, 0.1) is 0 Å². The van der Waals surface area contributed by atoms with Gasteiger partial charge in [0.15, 0.2) is 10.9 Å². The van der Waals surface area contributed by atoms with Crippen LogP contribution in [-0.2, 0) is 24.2 Å². The molecule has 0 bridgehead atoms. The summed E-state index contributed by atoms with van der Waals surface area (Å²) < 4.78 is 2.13. The summed E-state index contributed by atoms with van der Waals surface area (Å²) in [6.45, 7) is 4.12. The van der Waals surface area contributed by atoms with Gasteiger partial charge in [0.25, 0.3) is 0 Å². The van der Waals surface area contributed by atoms with E-state index in [2.05, 4.69) is 43.7 Å². The van der Waals surface area contributed by atoms with Crippen molar-refractivity contribution in [1.29, 1.82) is 0 Å². The number of carbonyl (C=O) groups excluding carboxylic acids is 2. The fraction of sp³-hybridized carbons (Fsp3) is 0.231. The van der Waals surface area contributed by atoms with Gasteiger partial charge in [0.05, 0.1) is 5.25 Å². The molecule has 0 saturated heterocycles. The molecule has 0 aliphatic carbocycles. The minimum absolute atomic E-state index is 0.00464. The van der Waals surface area contributed by atoms with Gasteiger partial charge < -0.3 is 9.88 Å². The molecule has 0 saturated carbocycles. The predicted octanol–water partition coefficient (Wildman–Crippen LogP) is 5.50. The summed E-state index contributed by atoms with van der Waals surface area (Å²) in [7, 11) is 0. The molecule has 0 aliphatic heterocycles. The Hall–Kier alpha value is -3.23. The number of aryl methyl sites for hydroxylation is 1. The minimum atomic E-state index is -0.373. The summed E-state index contributed by atoms with van der Waals surface area (Å²) in [5, 5.41) is 14.2. The van der Waals surface area contributed by atoms with Gasteiger partial charge in [-0.05, 0) is 61.5 Å². The lowest BCUT2D eigenvalue weighted by Gasteiger charge is -2.14. The zero-order valence-corrected chi connectivity index (χ0v) is 20.7. The fourth-order valence-electron chi connectivity index (χ4n) is 3.46. The average molecular weight is 491 g/mol. The van der Waals surface area contributed by atoms with Gasteiger partial charge in [-0.25, -0.2) is 0 Å². The summed E-state index contributed by atoms with van der Waals surface area (Å²) in [6.07, 6.45) is 1.57. The number of aromatic nitrogens is 3. The van der Waals surface area contributed by atoms with E-state index >= 15 is 0 Å². The molecule has 4 rings (SSSR count). The van der Waals surface area contributed by atoms with Crippen molar-refractivity contribution in [1.82, 2.24) is 14.8 Å². The van der Waals surface area contributed by atoms with Gasteiger partial charge in [-0.3, -0.25) is 9.59 Å². The highest BCUT2D eigenvalue weighted by Gasteiger charge is 2.21. The fourth-order valence-corrected chi connectivity index (χ4v) is 5.06. The van der Waals surface area contributed by atoms with E-state index in [1.807, 2.05) is 31.2 Å². The Balaban J connectivity index is 1.47. The number of hydrogen-bond donors (Lipinski definition) is 1. The zero-order valence-electron chi connectivity index (χ0n) is 19.1. The molecule has 34 heavy (non-hydrogen) atoms. The van der Waals surface area contributed by atoms with E-state index in [-0.39, 0.29) is 16.9 Å². The van der Waals surface area contributed by atoms with Crippen LogP contribution in [0.1, 0.15) is 40.5 Å². The molecular formula is C26H26N4O2S2. The van der Waals surface area contributed by atoms with Crippen LogP contribution in [0.4, 0.5) is 5.69 Å². The first kappa shape index (κ1) is 23.9. The SMILES string of the molecule is CC(=O)c1ccc(NC(=O)C(C)Sc2nnc(Cc3cccs3)n2CCc2ccccc2)cc1. The van der Waals surface area contributed by atoms with Crippen molar-refractivity contribution in [2.24, 2.45) is 0 Å². The second-order valence-electron chi connectivity index (χ2n) is 7.93. The van der Waals surface area contributed by atoms with Gasteiger partial charge in [0.2, 0.25) is 5.91 Å². The lowest BCUT2D eigenvalue weighted by molar-refractivity contribution is -0.115. The number of amides is 1. The maximum atomic E-state index is 12.8. The molecule has 2 aromatic heterocycles. The smallest absolute Gasteiger partial charge is 0.237 e. The van der Waals surface area contributed by atoms with Crippen molar-refractivity contribution in [3.05, 3.63) is 93.9 Å². The minimum Gasteiger partial charge on any atom is -0.325 e. The number of hydrogen-bond acceptors (Lipinski definition) is 6. The Bertz CT molecular complexity index is 1240. The maximum Gasteiger partial charge on any atom is 0.237 e. The first-order valence-corrected chi connectivity index (χ1v) is 12.8. The number of carbonyl (C=O) groups is 2. The molecule has 6 nitrogen and oxygen atoms in total. The van der Waals surface area contributed by atoms with Crippen LogP contribution in [0.5, 0.6) is 0 Å². The molecule has 0 spiro atoms. The molecule has 0 radical (unpaired) electrons. The van der Waals surface area contributed by atoms with Crippen LogP contribution in [0.15, 0.2) is 77.3 Å². The summed E-state index contributed by atoms with van der Waals surface area (Å²) in [6, 6.07) is 21.4. The lowest BCUT2D eigenvalue weighted by Crippen LogP contribution is -2.23. The van der Waals surface area contributed by atoms with Crippen LogP contribution in [-0.4, -0.2) is 31.7 Å². The number of Topliss-reactive ketones (excluding diaryl/α,β-unsaturated/α-hetero) is 1. The molecule has 174 valence electrons. The van der Waals surface area contributed by atoms with Crippen LogP contribution in [0.3, 0.4) is 0 Å². The van der Waals surface area contributed by atoms with Crippen molar-refractivity contribution in [2.75, 3.05) is 5.32 Å². The molecule has 1 atom stereocenters. The predicted molar refractivity (Wildman–Crippen MR) is 138 cm³/mol. The quantitative estimate of drug-likeness (QED) is 0.235. The summed E-state index contributed by atoms with van der Waals surface area (Å²) >= 11 is 3.10. The first-order valence-electron chi connectivity index (χ1n) is 11.1. The highest BCUT2D eigenvalue weighted by atomic mass is 32.2. The second kappa shape index (κ2) is 11.3. The first-order chi connectivity index (χ1) is 16.5. The Morgan fingerprint density at radius 3 is 2.47 bits per heavy atom. The lowest BCUT2D eigenvalue weighted by atomic mass is 10.1. The highest BCUT2D eigenvalue weighted by Crippen LogP contribution is 2.25. The van der Waals surface area contributed by atoms with Gasteiger partial charge in [-0.2, -0.15) is 0 Å².